The van der Waals surface area contributed by atoms with E-state index in [1.807, 2.05) is 13.0 Å². The summed E-state index contributed by atoms with van der Waals surface area (Å²) < 4.78 is 2.63. The molecule has 6 nitrogen and oxygen atoms in total. The van der Waals surface area contributed by atoms with Gasteiger partial charge in [-0.25, -0.2) is 0 Å². The summed E-state index contributed by atoms with van der Waals surface area (Å²) in [4.78, 5) is 36.2. The Labute approximate surface area is 138 Å². The molecule has 6 heteroatoms. The standard InChI is InChI=1S/C18H17N3O3/c1-11-9-14-15(21(3)18(24)17(23)20(14)2)10-13(11)19-16(22)12-7-5-4-6-8-12/h4-10H,1-3H3,(H,19,22). The molecule has 0 saturated heterocycles. The fraction of sp³-hybridized carbons (Fsp3) is 0.167. The van der Waals surface area contributed by atoms with Crippen molar-refractivity contribution in [1.82, 2.24) is 9.13 Å². The molecule has 0 saturated carbocycles. The second-order valence-electron chi connectivity index (χ2n) is 5.70. The summed E-state index contributed by atoms with van der Waals surface area (Å²) in [5, 5.41) is 2.86. The molecular weight excluding hydrogens is 306 g/mol. The van der Waals surface area contributed by atoms with Gasteiger partial charge in [0.15, 0.2) is 0 Å². The quantitative estimate of drug-likeness (QED) is 0.731. The van der Waals surface area contributed by atoms with Crippen LogP contribution in [-0.2, 0) is 14.1 Å². The van der Waals surface area contributed by atoms with Gasteiger partial charge in [-0.05, 0) is 36.8 Å². The van der Waals surface area contributed by atoms with Gasteiger partial charge in [-0.3, -0.25) is 14.4 Å². The third kappa shape index (κ3) is 2.52. The minimum Gasteiger partial charge on any atom is -0.322 e. The fourth-order valence-electron chi connectivity index (χ4n) is 2.64. The number of aryl methyl sites for hydroxylation is 3. The maximum Gasteiger partial charge on any atom is 0.316 e. The molecule has 0 spiro atoms. The molecule has 0 radical (unpaired) electrons. The minimum atomic E-state index is -0.603. The number of nitrogens with one attached hydrogen (secondary N) is 1. The van der Waals surface area contributed by atoms with E-state index in [-0.39, 0.29) is 5.91 Å². The molecule has 1 heterocycles. The van der Waals surface area contributed by atoms with E-state index in [1.54, 1.807) is 50.5 Å². The van der Waals surface area contributed by atoms with Crippen molar-refractivity contribution >= 4 is 22.6 Å². The van der Waals surface area contributed by atoms with Crippen molar-refractivity contribution in [2.45, 2.75) is 6.92 Å². The summed E-state index contributed by atoms with van der Waals surface area (Å²) >= 11 is 0. The molecule has 0 atom stereocenters. The predicted octanol–water partition coefficient (Wildman–Crippen LogP) is 1.80. The number of benzene rings is 2. The van der Waals surface area contributed by atoms with Crippen molar-refractivity contribution in [3.63, 3.8) is 0 Å². The molecule has 0 bridgehead atoms. The number of nitrogens with zero attached hydrogens (tertiary/aromatic N) is 2. The van der Waals surface area contributed by atoms with E-state index < -0.39 is 11.1 Å². The smallest absolute Gasteiger partial charge is 0.316 e. The van der Waals surface area contributed by atoms with Crippen molar-refractivity contribution in [1.29, 1.82) is 0 Å². The SMILES string of the molecule is Cc1cc2c(cc1NC(=O)c1ccccc1)n(C)c(=O)c(=O)n2C. The Hall–Kier alpha value is -3.15. The second-order valence-corrected chi connectivity index (χ2v) is 5.70. The van der Waals surface area contributed by atoms with Gasteiger partial charge in [0.2, 0.25) is 0 Å². The first-order chi connectivity index (χ1) is 11.4. The lowest BCUT2D eigenvalue weighted by Gasteiger charge is -2.14. The Morgan fingerprint density at radius 2 is 1.46 bits per heavy atom. The van der Waals surface area contributed by atoms with Gasteiger partial charge < -0.3 is 14.5 Å². The number of carbonyl (C=O) groups is 1. The number of hydrogen-bond donors (Lipinski definition) is 1. The largest absolute Gasteiger partial charge is 0.322 e. The number of hydrogen-bond acceptors (Lipinski definition) is 3. The Kier molecular flexibility index (Phi) is 3.81. The Morgan fingerprint density at radius 1 is 0.917 bits per heavy atom. The molecule has 3 rings (SSSR count). The lowest BCUT2D eigenvalue weighted by Crippen LogP contribution is -2.39. The summed E-state index contributed by atoms with van der Waals surface area (Å²) in [6.45, 7) is 1.84. The van der Waals surface area contributed by atoms with Gasteiger partial charge in [-0.2, -0.15) is 0 Å². The number of rotatable bonds is 2. The zero-order valence-electron chi connectivity index (χ0n) is 13.7. The van der Waals surface area contributed by atoms with Crippen molar-refractivity contribution in [2.24, 2.45) is 14.1 Å². The highest BCUT2D eigenvalue weighted by atomic mass is 16.2. The first-order valence-corrected chi connectivity index (χ1v) is 7.47. The average molecular weight is 323 g/mol. The molecule has 3 aromatic rings. The van der Waals surface area contributed by atoms with Crippen molar-refractivity contribution < 1.29 is 4.79 Å². The van der Waals surface area contributed by atoms with Gasteiger partial charge in [-0.15, -0.1) is 0 Å². The van der Waals surface area contributed by atoms with Gasteiger partial charge in [0.1, 0.15) is 0 Å². The molecule has 1 N–H and O–H groups in total. The van der Waals surface area contributed by atoms with Crippen LogP contribution >= 0.6 is 0 Å². The summed E-state index contributed by atoms with van der Waals surface area (Å²) in [5.41, 5.74) is 1.99. The first kappa shape index (κ1) is 15.7. The van der Waals surface area contributed by atoms with Crippen LogP contribution < -0.4 is 16.4 Å². The van der Waals surface area contributed by atoms with E-state index in [9.17, 15) is 14.4 Å². The lowest BCUT2D eigenvalue weighted by molar-refractivity contribution is 0.102. The van der Waals surface area contributed by atoms with Crippen LogP contribution in [0.1, 0.15) is 15.9 Å². The first-order valence-electron chi connectivity index (χ1n) is 7.47. The van der Waals surface area contributed by atoms with Crippen LogP contribution in [0.4, 0.5) is 5.69 Å². The number of aromatic nitrogens is 2. The summed E-state index contributed by atoms with van der Waals surface area (Å²) in [5.74, 6) is -0.229. The number of fused-ring (bicyclic) bond motifs is 1. The number of carbonyl (C=O) groups excluding carboxylic acids is 1. The molecular formula is C18H17N3O3. The molecule has 1 amide bonds. The molecule has 2 aromatic carbocycles. The van der Waals surface area contributed by atoms with Crippen LogP contribution in [0.15, 0.2) is 52.1 Å². The van der Waals surface area contributed by atoms with Gasteiger partial charge in [0, 0.05) is 25.3 Å². The highest BCUT2D eigenvalue weighted by Gasteiger charge is 2.13. The fourth-order valence-corrected chi connectivity index (χ4v) is 2.64. The van der Waals surface area contributed by atoms with E-state index in [2.05, 4.69) is 5.32 Å². The van der Waals surface area contributed by atoms with Crippen molar-refractivity contribution in [3.8, 4) is 0 Å². The summed E-state index contributed by atoms with van der Waals surface area (Å²) in [6.07, 6.45) is 0. The maximum atomic E-state index is 12.3. The zero-order valence-corrected chi connectivity index (χ0v) is 13.7. The molecule has 0 aliphatic heterocycles. The van der Waals surface area contributed by atoms with Crippen LogP contribution in [0.2, 0.25) is 0 Å². The predicted molar refractivity (Wildman–Crippen MR) is 93.6 cm³/mol. The number of amides is 1. The van der Waals surface area contributed by atoms with Crippen LogP contribution in [0, 0.1) is 6.92 Å². The van der Waals surface area contributed by atoms with Crippen molar-refractivity contribution in [3.05, 3.63) is 74.3 Å². The molecule has 122 valence electrons. The van der Waals surface area contributed by atoms with Gasteiger partial charge >= 0.3 is 11.1 Å². The van der Waals surface area contributed by atoms with Gasteiger partial charge in [-0.1, -0.05) is 18.2 Å². The molecule has 24 heavy (non-hydrogen) atoms. The Bertz CT molecular complexity index is 1060. The maximum absolute atomic E-state index is 12.3. The third-order valence-corrected chi connectivity index (χ3v) is 4.12. The molecule has 1 aromatic heterocycles. The summed E-state index contributed by atoms with van der Waals surface area (Å²) in [6, 6.07) is 12.4. The third-order valence-electron chi connectivity index (χ3n) is 4.12. The minimum absolute atomic E-state index is 0.229. The van der Waals surface area contributed by atoms with Crippen LogP contribution in [0.3, 0.4) is 0 Å². The normalized spacial score (nSPS) is 10.8. The van der Waals surface area contributed by atoms with Crippen LogP contribution in [-0.4, -0.2) is 15.0 Å². The zero-order chi connectivity index (χ0) is 17.4. The lowest BCUT2D eigenvalue weighted by atomic mass is 10.1. The summed E-state index contributed by atoms with van der Waals surface area (Å²) in [7, 11) is 3.11. The van der Waals surface area contributed by atoms with E-state index in [4.69, 9.17) is 0 Å². The van der Waals surface area contributed by atoms with Gasteiger partial charge in [0.25, 0.3) is 5.91 Å². The Morgan fingerprint density at radius 3 is 2.04 bits per heavy atom. The van der Waals surface area contributed by atoms with Crippen LogP contribution in [0.5, 0.6) is 0 Å². The average Bonchev–Trinajstić information content (AvgIpc) is 2.60. The second kappa shape index (κ2) is 5.81. The molecule has 0 fully saturated rings. The van der Waals surface area contributed by atoms with Crippen molar-refractivity contribution in [2.75, 3.05) is 5.32 Å². The van der Waals surface area contributed by atoms with E-state index >= 15 is 0 Å². The molecule has 0 aliphatic carbocycles. The highest BCUT2D eigenvalue weighted by Crippen LogP contribution is 2.22. The van der Waals surface area contributed by atoms with E-state index in [0.717, 1.165) is 5.56 Å². The Balaban J connectivity index is 2.13. The monoisotopic (exact) mass is 323 g/mol. The number of anilines is 1. The van der Waals surface area contributed by atoms with E-state index in [1.165, 1.54) is 9.13 Å². The highest BCUT2D eigenvalue weighted by molar-refractivity contribution is 6.05. The molecule has 0 unspecified atom stereocenters. The molecule has 0 aliphatic rings. The van der Waals surface area contributed by atoms with Gasteiger partial charge in [0.05, 0.1) is 11.0 Å². The van der Waals surface area contributed by atoms with E-state index in [0.29, 0.717) is 22.3 Å². The topological polar surface area (TPSA) is 73.1 Å². The van der Waals surface area contributed by atoms with Crippen LogP contribution in [0.25, 0.3) is 11.0 Å².